The lowest BCUT2D eigenvalue weighted by molar-refractivity contribution is -0.109. The van der Waals surface area contributed by atoms with Crippen LogP contribution >= 0.6 is 0 Å². The molecule has 0 N–H and O–H groups in total. The third-order valence-corrected chi connectivity index (χ3v) is 5.28. The highest BCUT2D eigenvalue weighted by molar-refractivity contribution is 5.50. The summed E-state index contributed by atoms with van der Waals surface area (Å²) in [7, 11) is 0. The van der Waals surface area contributed by atoms with Gasteiger partial charge in [-0.15, -0.1) is 0 Å². The number of aldehydes is 1. The van der Waals surface area contributed by atoms with Gasteiger partial charge >= 0.3 is 0 Å². The SMILES string of the molecule is CC1C=CC(C2CC3CC(CC=O)C2C3)C1. The van der Waals surface area contributed by atoms with Crippen LogP contribution in [0.4, 0.5) is 0 Å². The van der Waals surface area contributed by atoms with E-state index in [2.05, 4.69) is 19.1 Å². The first-order valence-corrected chi connectivity index (χ1v) is 6.90. The molecule has 3 aliphatic rings. The first-order valence-electron chi connectivity index (χ1n) is 6.90. The van der Waals surface area contributed by atoms with E-state index in [1.165, 1.54) is 25.7 Å². The highest BCUT2D eigenvalue weighted by atomic mass is 16.1. The fraction of sp³-hybridized carbons (Fsp3) is 0.800. The predicted molar refractivity (Wildman–Crippen MR) is 64.9 cm³/mol. The summed E-state index contributed by atoms with van der Waals surface area (Å²) in [6.07, 6.45) is 12.4. The van der Waals surface area contributed by atoms with E-state index in [0.29, 0.717) is 0 Å². The summed E-state index contributed by atoms with van der Waals surface area (Å²) in [5, 5.41) is 0. The lowest BCUT2D eigenvalue weighted by Gasteiger charge is -2.32. The lowest BCUT2D eigenvalue weighted by Crippen LogP contribution is -2.25. The van der Waals surface area contributed by atoms with Crippen LogP contribution in [-0.4, -0.2) is 6.29 Å². The van der Waals surface area contributed by atoms with Crippen molar-refractivity contribution in [2.45, 2.75) is 39.0 Å². The Labute approximate surface area is 98.3 Å². The molecule has 6 atom stereocenters. The third kappa shape index (κ3) is 1.65. The normalized spacial score (nSPS) is 50.1. The van der Waals surface area contributed by atoms with Crippen LogP contribution < -0.4 is 0 Å². The molecule has 0 amide bonds. The maximum atomic E-state index is 10.7. The fourth-order valence-electron chi connectivity index (χ4n) is 4.68. The Balaban J connectivity index is 1.69. The van der Waals surface area contributed by atoms with Crippen molar-refractivity contribution in [3.63, 3.8) is 0 Å². The van der Waals surface area contributed by atoms with Crippen LogP contribution in [0.3, 0.4) is 0 Å². The Morgan fingerprint density at radius 1 is 1.12 bits per heavy atom. The summed E-state index contributed by atoms with van der Waals surface area (Å²) < 4.78 is 0. The molecule has 0 aliphatic heterocycles. The number of carbonyl (C=O) groups excluding carboxylic acids is 1. The van der Waals surface area contributed by atoms with Gasteiger partial charge in [0, 0.05) is 6.42 Å². The molecule has 88 valence electrons. The van der Waals surface area contributed by atoms with E-state index in [1.54, 1.807) is 0 Å². The van der Waals surface area contributed by atoms with E-state index in [9.17, 15) is 4.79 Å². The van der Waals surface area contributed by atoms with Gasteiger partial charge in [-0.3, -0.25) is 0 Å². The summed E-state index contributed by atoms with van der Waals surface area (Å²) in [6.45, 7) is 2.33. The Kier molecular flexibility index (Phi) is 2.65. The standard InChI is InChI=1S/C15H22O/c1-10-2-3-12(6-10)14-8-11-7-13(4-5-16)15(14)9-11/h2-3,5,10-15H,4,6-9H2,1H3. The van der Waals surface area contributed by atoms with Crippen molar-refractivity contribution < 1.29 is 4.79 Å². The molecular formula is C15H22O. The molecule has 6 unspecified atom stereocenters. The monoisotopic (exact) mass is 218 g/mol. The van der Waals surface area contributed by atoms with Gasteiger partial charge in [-0.05, 0) is 61.2 Å². The second kappa shape index (κ2) is 4.01. The van der Waals surface area contributed by atoms with E-state index in [0.717, 1.165) is 48.2 Å². The summed E-state index contributed by atoms with van der Waals surface area (Å²) in [5.41, 5.74) is 0. The van der Waals surface area contributed by atoms with Crippen LogP contribution in [0.2, 0.25) is 0 Å². The second-order valence-electron chi connectivity index (χ2n) is 6.33. The number of hydrogen-bond donors (Lipinski definition) is 0. The molecule has 1 heteroatoms. The van der Waals surface area contributed by atoms with Crippen LogP contribution in [0.15, 0.2) is 12.2 Å². The van der Waals surface area contributed by atoms with E-state index in [-0.39, 0.29) is 0 Å². The van der Waals surface area contributed by atoms with Gasteiger partial charge in [0.05, 0.1) is 0 Å². The number of fused-ring (bicyclic) bond motifs is 2. The summed E-state index contributed by atoms with van der Waals surface area (Å²) in [6, 6.07) is 0. The van der Waals surface area contributed by atoms with E-state index in [4.69, 9.17) is 0 Å². The minimum absolute atomic E-state index is 0.727. The van der Waals surface area contributed by atoms with E-state index >= 15 is 0 Å². The van der Waals surface area contributed by atoms with Crippen molar-refractivity contribution in [1.82, 2.24) is 0 Å². The molecule has 0 spiro atoms. The molecule has 0 aromatic carbocycles. The summed E-state index contributed by atoms with van der Waals surface area (Å²) in [4.78, 5) is 10.7. The number of allylic oxidation sites excluding steroid dienone is 2. The highest BCUT2D eigenvalue weighted by Gasteiger charge is 2.48. The van der Waals surface area contributed by atoms with Crippen LogP contribution in [0.25, 0.3) is 0 Å². The number of rotatable bonds is 3. The van der Waals surface area contributed by atoms with Crippen LogP contribution in [0.5, 0.6) is 0 Å². The van der Waals surface area contributed by atoms with Crippen molar-refractivity contribution >= 4 is 6.29 Å². The van der Waals surface area contributed by atoms with Gasteiger partial charge in [0.1, 0.15) is 6.29 Å². The molecule has 3 rings (SSSR count). The van der Waals surface area contributed by atoms with Crippen molar-refractivity contribution in [1.29, 1.82) is 0 Å². The fourth-order valence-corrected chi connectivity index (χ4v) is 4.68. The zero-order valence-electron chi connectivity index (χ0n) is 10.1. The van der Waals surface area contributed by atoms with Crippen molar-refractivity contribution in [3.8, 4) is 0 Å². The Morgan fingerprint density at radius 2 is 1.94 bits per heavy atom. The molecular weight excluding hydrogens is 196 g/mol. The molecule has 3 aliphatic carbocycles. The second-order valence-corrected chi connectivity index (χ2v) is 6.33. The predicted octanol–water partition coefficient (Wildman–Crippen LogP) is 3.45. The van der Waals surface area contributed by atoms with Gasteiger partial charge in [-0.1, -0.05) is 19.1 Å². The first kappa shape index (κ1) is 10.6. The Hall–Kier alpha value is -0.590. The molecule has 0 radical (unpaired) electrons. The Morgan fingerprint density at radius 3 is 2.56 bits per heavy atom. The Bertz CT molecular complexity index is 307. The minimum atomic E-state index is 0.727. The molecule has 1 nitrogen and oxygen atoms in total. The van der Waals surface area contributed by atoms with Gasteiger partial charge in [-0.2, -0.15) is 0 Å². The van der Waals surface area contributed by atoms with Crippen LogP contribution in [-0.2, 0) is 4.79 Å². The smallest absolute Gasteiger partial charge is 0.120 e. The largest absolute Gasteiger partial charge is 0.303 e. The third-order valence-electron chi connectivity index (χ3n) is 5.28. The molecule has 0 heterocycles. The van der Waals surface area contributed by atoms with Gasteiger partial charge in [0.25, 0.3) is 0 Å². The van der Waals surface area contributed by atoms with Gasteiger partial charge < -0.3 is 4.79 Å². The average Bonchev–Trinajstić information content (AvgIpc) is 2.92. The molecule has 2 saturated carbocycles. The van der Waals surface area contributed by atoms with Crippen LogP contribution in [0, 0.1) is 35.5 Å². The summed E-state index contributed by atoms with van der Waals surface area (Å²) >= 11 is 0. The zero-order valence-corrected chi connectivity index (χ0v) is 10.1. The molecule has 2 fully saturated rings. The zero-order chi connectivity index (χ0) is 11.1. The number of hydrogen-bond acceptors (Lipinski definition) is 1. The average molecular weight is 218 g/mol. The van der Waals surface area contributed by atoms with Crippen LogP contribution in [0.1, 0.15) is 39.0 Å². The first-order chi connectivity index (χ1) is 7.78. The minimum Gasteiger partial charge on any atom is -0.303 e. The number of carbonyl (C=O) groups is 1. The lowest BCUT2D eigenvalue weighted by atomic mass is 9.73. The molecule has 0 aromatic rings. The molecule has 2 bridgehead atoms. The highest BCUT2D eigenvalue weighted by Crippen LogP contribution is 2.56. The quantitative estimate of drug-likeness (QED) is 0.524. The summed E-state index contributed by atoms with van der Waals surface area (Å²) in [5.74, 6) is 5.07. The van der Waals surface area contributed by atoms with Gasteiger partial charge in [-0.25, -0.2) is 0 Å². The topological polar surface area (TPSA) is 17.1 Å². The van der Waals surface area contributed by atoms with Gasteiger partial charge in [0.2, 0.25) is 0 Å². The van der Waals surface area contributed by atoms with Crippen molar-refractivity contribution in [2.75, 3.05) is 0 Å². The molecule has 0 saturated heterocycles. The maximum Gasteiger partial charge on any atom is 0.120 e. The molecule has 0 aromatic heterocycles. The van der Waals surface area contributed by atoms with Crippen molar-refractivity contribution in [3.05, 3.63) is 12.2 Å². The van der Waals surface area contributed by atoms with Gasteiger partial charge in [0.15, 0.2) is 0 Å². The maximum absolute atomic E-state index is 10.7. The molecule has 16 heavy (non-hydrogen) atoms. The van der Waals surface area contributed by atoms with E-state index < -0.39 is 0 Å². The van der Waals surface area contributed by atoms with Crippen molar-refractivity contribution in [2.24, 2.45) is 35.5 Å². The van der Waals surface area contributed by atoms with E-state index in [1.807, 2.05) is 0 Å².